The first-order valence-corrected chi connectivity index (χ1v) is 5.67. The van der Waals surface area contributed by atoms with Crippen molar-refractivity contribution in [3.8, 4) is 5.75 Å². The van der Waals surface area contributed by atoms with Gasteiger partial charge < -0.3 is 10.1 Å². The molecule has 2 rings (SSSR count). The average Bonchev–Trinajstić information content (AvgIpc) is 2.45. The highest BCUT2D eigenvalue weighted by Crippen LogP contribution is 2.29. The van der Waals surface area contributed by atoms with Gasteiger partial charge >= 0.3 is 0 Å². The number of nitro groups is 1. The Morgan fingerprint density at radius 3 is 2.84 bits per heavy atom. The number of benzene rings is 1. The Morgan fingerprint density at radius 1 is 1.37 bits per heavy atom. The number of nitrogens with zero attached hydrogens (tertiary/aromatic N) is 2. The van der Waals surface area contributed by atoms with E-state index < -0.39 is 4.92 Å². The van der Waals surface area contributed by atoms with Gasteiger partial charge in [-0.15, -0.1) is 0 Å². The van der Waals surface area contributed by atoms with Crippen molar-refractivity contribution in [2.45, 2.75) is 6.54 Å². The molecule has 98 valence electrons. The summed E-state index contributed by atoms with van der Waals surface area (Å²) in [5, 5.41) is 13.9. The Labute approximate surface area is 110 Å². The number of anilines is 1. The number of rotatable bonds is 5. The molecule has 2 aromatic rings. The fourth-order valence-corrected chi connectivity index (χ4v) is 1.63. The first kappa shape index (κ1) is 12.8. The van der Waals surface area contributed by atoms with Gasteiger partial charge in [-0.1, -0.05) is 6.07 Å². The fourth-order valence-electron chi connectivity index (χ4n) is 1.63. The van der Waals surface area contributed by atoms with E-state index in [0.717, 1.165) is 5.69 Å². The Morgan fingerprint density at radius 2 is 2.21 bits per heavy atom. The van der Waals surface area contributed by atoms with Crippen molar-refractivity contribution in [1.82, 2.24) is 4.98 Å². The molecule has 0 spiro atoms. The van der Waals surface area contributed by atoms with Crippen LogP contribution in [-0.4, -0.2) is 17.0 Å². The summed E-state index contributed by atoms with van der Waals surface area (Å²) in [6, 6.07) is 10.1. The predicted octanol–water partition coefficient (Wildman–Crippen LogP) is 2.61. The second-order valence-corrected chi connectivity index (χ2v) is 3.81. The highest BCUT2D eigenvalue weighted by Gasteiger charge is 2.14. The zero-order valence-corrected chi connectivity index (χ0v) is 10.4. The molecule has 0 saturated heterocycles. The van der Waals surface area contributed by atoms with Crippen LogP contribution in [0.1, 0.15) is 5.69 Å². The van der Waals surface area contributed by atoms with Gasteiger partial charge in [-0.05, 0) is 18.2 Å². The standard InChI is InChI=1S/C13H13N3O3/c1-19-11-5-6-13(16(17)18)12(8-11)15-9-10-4-2-3-7-14-10/h2-8,15H,9H2,1H3. The van der Waals surface area contributed by atoms with E-state index in [4.69, 9.17) is 4.74 Å². The summed E-state index contributed by atoms with van der Waals surface area (Å²) < 4.78 is 5.06. The Kier molecular flexibility index (Phi) is 3.92. The molecule has 0 aliphatic heterocycles. The van der Waals surface area contributed by atoms with E-state index in [0.29, 0.717) is 18.0 Å². The molecule has 6 heteroatoms. The van der Waals surface area contributed by atoms with Crippen LogP contribution in [0.5, 0.6) is 5.75 Å². The number of ether oxygens (including phenoxy) is 1. The normalized spacial score (nSPS) is 9.95. The molecule has 1 N–H and O–H groups in total. The second-order valence-electron chi connectivity index (χ2n) is 3.81. The van der Waals surface area contributed by atoms with Crippen LogP contribution >= 0.6 is 0 Å². The summed E-state index contributed by atoms with van der Waals surface area (Å²) >= 11 is 0. The van der Waals surface area contributed by atoms with Crippen molar-refractivity contribution < 1.29 is 9.66 Å². The number of pyridine rings is 1. The summed E-state index contributed by atoms with van der Waals surface area (Å²) in [7, 11) is 1.52. The SMILES string of the molecule is COc1ccc([N+](=O)[O-])c(NCc2ccccn2)c1. The minimum Gasteiger partial charge on any atom is -0.497 e. The summed E-state index contributed by atoms with van der Waals surface area (Å²) in [5.74, 6) is 0.564. The fraction of sp³-hybridized carbons (Fsp3) is 0.154. The zero-order chi connectivity index (χ0) is 13.7. The third kappa shape index (κ3) is 3.19. The molecular weight excluding hydrogens is 246 g/mol. The van der Waals surface area contributed by atoms with Crippen molar-refractivity contribution in [3.63, 3.8) is 0 Å². The second kappa shape index (κ2) is 5.81. The van der Waals surface area contributed by atoms with E-state index in [-0.39, 0.29) is 5.69 Å². The van der Waals surface area contributed by atoms with Crippen LogP contribution < -0.4 is 10.1 Å². The molecule has 0 saturated carbocycles. The highest BCUT2D eigenvalue weighted by molar-refractivity contribution is 5.64. The monoisotopic (exact) mass is 259 g/mol. The van der Waals surface area contributed by atoms with Gasteiger partial charge in [0.1, 0.15) is 11.4 Å². The number of aromatic nitrogens is 1. The summed E-state index contributed by atoms with van der Waals surface area (Å²) in [6.07, 6.45) is 1.68. The van der Waals surface area contributed by atoms with Gasteiger partial charge in [-0.3, -0.25) is 15.1 Å². The highest BCUT2D eigenvalue weighted by atomic mass is 16.6. The number of hydrogen-bond donors (Lipinski definition) is 1. The molecule has 0 fully saturated rings. The molecule has 6 nitrogen and oxygen atoms in total. The van der Waals surface area contributed by atoms with Crippen LogP contribution in [0.25, 0.3) is 0 Å². The molecule has 0 bridgehead atoms. The lowest BCUT2D eigenvalue weighted by atomic mass is 10.2. The number of hydrogen-bond acceptors (Lipinski definition) is 5. The van der Waals surface area contributed by atoms with E-state index >= 15 is 0 Å². The molecule has 0 amide bonds. The quantitative estimate of drug-likeness (QED) is 0.659. The van der Waals surface area contributed by atoms with Crippen molar-refractivity contribution in [3.05, 3.63) is 58.4 Å². The molecule has 0 radical (unpaired) electrons. The number of nitrogens with one attached hydrogen (secondary N) is 1. The van der Waals surface area contributed by atoms with E-state index in [1.54, 1.807) is 18.3 Å². The van der Waals surface area contributed by atoms with Gasteiger partial charge in [0.15, 0.2) is 0 Å². The van der Waals surface area contributed by atoms with E-state index in [1.807, 2.05) is 18.2 Å². The molecule has 1 aromatic heterocycles. The summed E-state index contributed by atoms with van der Waals surface area (Å²) in [4.78, 5) is 14.7. The third-order valence-electron chi connectivity index (χ3n) is 2.59. The molecule has 0 aliphatic carbocycles. The molecule has 0 unspecified atom stereocenters. The molecular formula is C13H13N3O3. The van der Waals surface area contributed by atoms with E-state index in [9.17, 15) is 10.1 Å². The van der Waals surface area contributed by atoms with E-state index in [1.165, 1.54) is 13.2 Å². The lowest BCUT2D eigenvalue weighted by molar-refractivity contribution is -0.384. The molecule has 1 heterocycles. The van der Waals surface area contributed by atoms with Crippen molar-refractivity contribution >= 4 is 11.4 Å². The molecule has 19 heavy (non-hydrogen) atoms. The molecule has 0 aliphatic rings. The van der Waals surface area contributed by atoms with Crippen LogP contribution in [0.4, 0.5) is 11.4 Å². The van der Waals surface area contributed by atoms with Gasteiger partial charge in [0.2, 0.25) is 0 Å². The van der Waals surface area contributed by atoms with Gasteiger partial charge in [0.05, 0.1) is 24.3 Å². The minimum absolute atomic E-state index is 0.0109. The van der Waals surface area contributed by atoms with Gasteiger partial charge in [-0.25, -0.2) is 0 Å². The zero-order valence-electron chi connectivity index (χ0n) is 10.4. The molecule has 1 aromatic carbocycles. The van der Waals surface area contributed by atoms with Crippen LogP contribution in [0, 0.1) is 10.1 Å². The summed E-state index contributed by atoms with van der Waals surface area (Å²) in [6.45, 7) is 0.412. The van der Waals surface area contributed by atoms with Gasteiger partial charge in [-0.2, -0.15) is 0 Å². The maximum Gasteiger partial charge on any atom is 0.292 e. The number of methoxy groups -OCH3 is 1. The topological polar surface area (TPSA) is 77.3 Å². The van der Waals surface area contributed by atoms with E-state index in [2.05, 4.69) is 10.3 Å². The average molecular weight is 259 g/mol. The Bertz CT molecular complexity index is 573. The van der Waals surface area contributed by atoms with Crippen LogP contribution in [0.15, 0.2) is 42.6 Å². The lowest BCUT2D eigenvalue weighted by Crippen LogP contribution is -2.04. The Balaban J connectivity index is 2.20. The smallest absolute Gasteiger partial charge is 0.292 e. The lowest BCUT2D eigenvalue weighted by Gasteiger charge is -2.08. The minimum atomic E-state index is -0.430. The Hall–Kier alpha value is -2.63. The molecule has 0 atom stereocenters. The van der Waals surface area contributed by atoms with Crippen molar-refractivity contribution in [1.29, 1.82) is 0 Å². The first-order chi connectivity index (χ1) is 9.20. The van der Waals surface area contributed by atoms with Crippen LogP contribution in [-0.2, 0) is 6.54 Å². The maximum absolute atomic E-state index is 10.9. The van der Waals surface area contributed by atoms with Crippen molar-refractivity contribution in [2.75, 3.05) is 12.4 Å². The predicted molar refractivity (Wildman–Crippen MR) is 71.2 cm³/mol. The third-order valence-corrected chi connectivity index (χ3v) is 2.59. The first-order valence-electron chi connectivity index (χ1n) is 5.67. The summed E-state index contributed by atoms with van der Waals surface area (Å²) in [5.41, 5.74) is 1.23. The van der Waals surface area contributed by atoms with Crippen LogP contribution in [0.2, 0.25) is 0 Å². The maximum atomic E-state index is 10.9. The number of nitro benzene ring substituents is 1. The van der Waals surface area contributed by atoms with Gasteiger partial charge in [0.25, 0.3) is 5.69 Å². The largest absolute Gasteiger partial charge is 0.497 e. The van der Waals surface area contributed by atoms with Crippen molar-refractivity contribution in [2.24, 2.45) is 0 Å². The van der Waals surface area contributed by atoms with Crippen LogP contribution in [0.3, 0.4) is 0 Å². The van der Waals surface area contributed by atoms with Gasteiger partial charge in [0, 0.05) is 18.3 Å².